The lowest BCUT2D eigenvalue weighted by atomic mass is 10.0. The average molecular weight is 282 g/mol. The number of nitrogens with one attached hydrogen (secondary N) is 1. The van der Waals surface area contributed by atoms with Gasteiger partial charge in [0.05, 0.1) is 0 Å². The van der Waals surface area contributed by atoms with Gasteiger partial charge < -0.3 is 10.4 Å². The van der Waals surface area contributed by atoms with Gasteiger partial charge in [0.2, 0.25) is 0 Å². The molecule has 0 amide bonds. The van der Waals surface area contributed by atoms with Gasteiger partial charge in [0.25, 0.3) is 0 Å². The fourth-order valence-electron chi connectivity index (χ4n) is 1.92. The van der Waals surface area contributed by atoms with Gasteiger partial charge in [-0.2, -0.15) is 0 Å². The molecule has 0 bridgehead atoms. The number of halogens is 1. The van der Waals surface area contributed by atoms with Crippen LogP contribution in [0.4, 0.5) is 0 Å². The minimum Gasteiger partial charge on any atom is -0.508 e. The van der Waals surface area contributed by atoms with Gasteiger partial charge in [-0.15, -0.1) is 0 Å². The second-order valence-electron chi connectivity index (χ2n) is 4.12. The Morgan fingerprint density at radius 3 is 3.06 bits per heavy atom. The van der Waals surface area contributed by atoms with Gasteiger partial charge in [-0.05, 0) is 43.0 Å². The smallest absolute Gasteiger partial charge is 0.115 e. The van der Waals surface area contributed by atoms with E-state index in [4.69, 9.17) is 0 Å². The van der Waals surface area contributed by atoms with Crippen molar-refractivity contribution in [3.8, 4) is 5.75 Å². The minimum atomic E-state index is 0.319. The van der Waals surface area contributed by atoms with E-state index in [1.54, 1.807) is 12.1 Å². The van der Waals surface area contributed by atoms with Crippen molar-refractivity contribution in [1.82, 2.24) is 5.32 Å². The van der Waals surface area contributed by atoms with E-state index in [1.807, 2.05) is 6.07 Å². The van der Waals surface area contributed by atoms with E-state index in [0.29, 0.717) is 11.8 Å². The number of hydrogen-bond acceptors (Lipinski definition) is 2. The van der Waals surface area contributed by atoms with Crippen molar-refractivity contribution in [3.05, 3.63) is 40.4 Å². The lowest BCUT2D eigenvalue weighted by molar-refractivity contribution is 0.472. The Labute approximate surface area is 105 Å². The monoisotopic (exact) mass is 281 g/mol. The summed E-state index contributed by atoms with van der Waals surface area (Å²) in [4.78, 5) is 0. The van der Waals surface area contributed by atoms with E-state index < -0.39 is 0 Å². The molecule has 1 aromatic carbocycles. The van der Waals surface area contributed by atoms with Gasteiger partial charge in [0, 0.05) is 17.1 Å². The highest BCUT2D eigenvalue weighted by molar-refractivity contribution is 9.10. The van der Waals surface area contributed by atoms with Crippen LogP contribution in [0.25, 0.3) is 0 Å². The number of benzene rings is 1. The van der Waals surface area contributed by atoms with E-state index >= 15 is 0 Å². The van der Waals surface area contributed by atoms with Gasteiger partial charge in [-0.25, -0.2) is 0 Å². The molecule has 1 unspecified atom stereocenters. The van der Waals surface area contributed by atoms with E-state index in [-0.39, 0.29) is 0 Å². The summed E-state index contributed by atoms with van der Waals surface area (Å²) in [6, 6.07) is 5.84. The third-order valence-electron chi connectivity index (χ3n) is 2.84. The van der Waals surface area contributed by atoms with Crippen LogP contribution < -0.4 is 5.32 Å². The van der Waals surface area contributed by atoms with Crippen molar-refractivity contribution < 1.29 is 5.11 Å². The Balaban J connectivity index is 1.95. The van der Waals surface area contributed by atoms with E-state index in [2.05, 4.69) is 33.4 Å². The summed E-state index contributed by atoms with van der Waals surface area (Å²) in [5, 5.41) is 12.9. The van der Waals surface area contributed by atoms with Gasteiger partial charge in [0.1, 0.15) is 5.75 Å². The summed E-state index contributed by atoms with van der Waals surface area (Å²) < 4.78 is 1.04. The predicted octanol–water partition coefficient (Wildman–Crippen LogP) is 3.35. The van der Waals surface area contributed by atoms with E-state index in [9.17, 15) is 5.11 Å². The lowest BCUT2D eigenvalue weighted by Gasteiger charge is -2.18. The summed E-state index contributed by atoms with van der Waals surface area (Å²) in [6.45, 7) is 0.782. The van der Waals surface area contributed by atoms with Gasteiger partial charge in [-0.1, -0.05) is 28.1 Å². The van der Waals surface area contributed by atoms with Crippen LogP contribution in [0.5, 0.6) is 5.75 Å². The van der Waals surface area contributed by atoms with Crippen molar-refractivity contribution in [3.63, 3.8) is 0 Å². The number of rotatable bonds is 3. The topological polar surface area (TPSA) is 32.3 Å². The standard InChI is InChI=1S/C13H16BrNO/c14-13-7-6-12(16)8-10(13)9-15-11-4-2-1-3-5-11/h2,4,6-8,11,15-16H,1,3,5,9H2. The summed E-state index contributed by atoms with van der Waals surface area (Å²) in [7, 11) is 0. The third kappa shape index (κ3) is 3.09. The second kappa shape index (κ2) is 5.51. The molecule has 0 heterocycles. The molecule has 0 saturated heterocycles. The summed E-state index contributed by atoms with van der Waals surface area (Å²) in [5.41, 5.74) is 1.10. The summed E-state index contributed by atoms with van der Waals surface area (Å²) in [5.74, 6) is 0.319. The summed E-state index contributed by atoms with van der Waals surface area (Å²) >= 11 is 3.49. The van der Waals surface area contributed by atoms with Crippen LogP contribution in [0.1, 0.15) is 24.8 Å². The van der Waals surface area contributed by atoms with Crippen molar-refractivity contribution >= 4 is 15.9 Å². The second-order valence-corrected chi connectivity index (χ2v) is 4.98. The molecule has 0 aromatic heterocycles. The van der Waals surface area contributed by atoms with Crippen LogP contribution in [0.2, 0.25) is 0 Å². The van der Waals surface area contributed by atoms with E-state index in [0.717, 1.165) is 16.6 Å². The molecule has 0 fully saturated rings. The molecule has 1 aliphatic carbocycles. The Morgan fingerprint density at radius 2 is 2.31 bits per heavy atom. The maximum atomic E-state index is 9.41. The van der Waals surface area contributed by atoms with Crippen LogP contribution in [0.3, 0.4) is 0 Å². The normalized spacial score (nSPS) is 19.9. The van der Waals surface area contributed by atoms with Crippen LogP contribution in [-0.2, 0) is 6.54 Å². The molecule has 0 spiro atoms. The molecule has 86 valence electrons. The number of phenols is 1. The molecule has 0 saturated carbocycles. The molecule has 2 N–H and O–H groups in total. The summed E-state index contributed by atoms with van der Waals surface area (Å²) in [6.07, 6.45) is 8.13. The molecule has 0 radical (unpaired) electrons. The zero-order chi connectivity index (χ0) is 11.4. The van der Waals surface area contributed by atoms with Gasteiger partial charge in [-0.3, -0.25) is 0 Å². The molecule has 16 heavy (non-hydrogen) atoms. The van der Waals surface area contributed by atoms with Crippen LogP contribution >= 0.6 is 15.9 Å². The van der Waals surface area contributed by atoms with Crippen molar-refractivity contribution in [2.24, 2.45) is 0 Å². The van der Waals surface area contributed by atoms with Crippen molar-refractivity contribution in [1.29, 1.82) is 0 Å². The lowest BCUT2D eigenvalue weighted by Crippen LogP contribution is -2.27. The number of hydrogen-bond donors (Lipinski definition) is 2. The minimum absolute atomic E-state index is 0.319. The van der Waals surface area contributed by atoms with Crippen molar-refractivity contribution in [2.45, 2.75) is 31.8 Å². The zero-order valence-corrected chi connectivity index (χ0v) is 10.7. The fourth-order valence-corrected chi connectivity index (χ4v) is 2.31. The van der Waals surface area contributed by atoms with Gasteiger partial charge in [0.15, 0.2) is 0 Å². The molecule has 2 rings (SSSR count). The molecule has 3 heteroatoms. The molecule has 0 aliphatic heterocycles. The quantitative estimate of drug-likeness (QED) is 0.833. The van der Waals surface area contributed by atoms with Crippen LogP contribution in [0, 0.1) is 0 Å². The molecular formula is C13H16BrNO. The maximum absolute atomic E-state index is 9.41. The molecule has 1 aliphatic rings. The van der Waals surface area contributed by atoms with Crippen LogP contribution in [-0.4, -0.2) is 11.1 Å². The fraction of sp³-hybridized carbons (Fsp3) is 0.385. The van der Waals surface area contributed by atoms with Gasteiger partial charge >= 0.3 is 0 Å². The first-order valence-corrected chi connectivity index (χ1v) is 6.42. The first-order valence-electron chi connectivity index (χ1n) is 5.63. The predicted molar refractivity (Wildman–Crippen MR) is 69.4 cm³/mol. The molecule has 1 atom stereocenters. The number of phenolic OH excluding ortho intramolecular Hbond substituents is 1. The Bertz CT molecular complexity index is 390. The maximum Gasteiger partial charge on any atom is 0.115 e. The Kier molecular flexibility index (Phi) is 4.02. The number of aromatic hydroxyl groups is 1. The Morgan fingerprint density at radius 1 is 1.44 bits per heavy atom. The molecule has 1 aromatic rings. The Hall–Kier alpha value is -0.800. The largest absolute Gasteiger partial charge is 0.508 e. The highest BCUT2D eigenvalue weighted by Gasteiger charge is 2.08. The first kappa shape index (κ1) is 11.7. The highest BCUT2D eigenvalue weighted by atomic mass is 79.9. The van der Waals surface area contributed by atoms with Crippen molar-refractivity contribution in [2.75, 3.05) is 0 Å². The van der Waals surface area contributed by atoms with Crippen LogP contribution in [0.15, 0.2) is 34.8 Å². The first-order chi connectivity index (χ1) is 7.75. The SMILES string of the molecule is Oc1ccc(Br)c(CNC2C=CCCC2)c1. The zero-order valence-electron chi connectivity index (χ0n) is 9.12. The number of allylic oxidation sites excluding steroid dienone is 1. The molecule has 2 nitrogen and oxygen atoms in total. The molecular weight excluding hydrogens is 266 g/mol. The third-order valence-corrected chi connectivity index (χ3v) is 3.61. The average Bonchev–Trinajstić information content (AvgIpc) is 2.32. The highest BCUT2D eigenvalue weighted by Crippen LogP contribution is 2.22. The van der Waals surface area contributed by atoms with E-state index in [1.165, 1.54) is 19.3 Å².